The topological polar surface area (TPSA) is 46.0 Å². The fourth-order valence-corrected chi connectivity index (χ4v) is 18.8. The molecule has 110 heavy (non-hydrogen) atoms. The summed E-state index contributed by atoms with van der Waals surface area (Å²) in [5, 5.41) is 14.1. The number of para-hydroxylation sites is 6. The van der Waals surface area contributed by atoms with Crippen molar-refractivity contribution in [2.75, 3.05) is 0 Å². The van der Waals surface area contributed by atoms with E-state index in [2.05, 4.69) is 407 Å². The highest BCUT2D eigenvalue weighted by molar-refractivity contribution is 6.99. The van der Waals surface area contributed by atoms with Gasteiger partial charge < -0.3 is 27.1 Å². The van der Waals surface area contributed by atoms with Crippen LogP contribution in [0, 0.1) is 0 Å². The summed E-state index contributed by atoms with van der Waals surface area (Å²) in [6, 6.07) is 143. The van der Waals surface area contributed by atoms with Crippen molar-refractivity contribution >= 4 is 177 Å². The minimum absolute atomic E-state index is 0.0884. The number of hydrogen-bond donors (Lipinski definition) is 0. The maximum Gasteiger partial charge on any atom is 0.243 e. The molecule has 23 aromatic rings. The number of hydrogen-bond acceptors (Lipinski definition) is 2. The average molecular weight is 1400 g/mol. The largest absolute Gasteiger partial charge is 0.456 e. The van der Waals surface area contributed by atoms with Crippen molar-refractivity contribution in [3.05, 3.63) is 388 Å². The molecule has 6 aromatic heterocycles. The Bertz CT molecular complexity index is 7110. The van der Waals surface area contributed by atoms with Crippen LogP contribution in [0.15, 0.2) is 397 Å². The van der Waals surface area contributed by atoms with Gasteiger partial charge in [-0.25, -0.2) is 0 Å². The van der Waals surface area contributed by atoms with Crippen molar-refractivity contribution in [1.29, 1.82) is 0 Å². The molecule has 0 aliphatic heterocycles. The Morgan fingerprint density at radius 1 is 0.173 bits per heavy atom. The first kappa shape index (κ1) is 61.9. The monoisotopic (exact) mass is 1400 g/mol. The van der Waals surface area contributed by atoms with E-state index in [1.165, 1.54) is 86.9 Å². The van der Waals surface area contributed by atoms with Gasteiger partial charge in [0.2, 0.25) is 13.4 Å². The summed E-state index contributed by atoms with van der Waals surface area (Å²) in [7, 11) is 0. The molecule has 0 spiro atoms. The van der Waals surface area contributed by atoms with E-state index in [9.17, 15) is 0 Å². The molecule has 0 saturated carbocycles. The van der Waals surface area contributed by atoms with Crippen molar-refractivity contribution < 1.29 is 8.83 Å². The SMILES string of the molecule is c1ccc(B(c2ccccc2)c2c3c4ccccc4n(-c4ccccc4)c3cc3c2c2ccccc2n3-c2ccc3oc4cc(-c5cccc(-c6ccc7c(c6)oc6ccc(-n8c9ccccc9c9c(B(c%10ccccc%10)c%10ccccc%10)c%10c%11ccccc%11n(-c%11ccccc%11)c%10cc98)cc67)c5)ccc4c3c2)cc1. The molecule has 0 saturated heterocycles. The maximum atomic E-state index is 6.90. The lowest BCUT2D eigenvalue weighted by Gasteiger charge is -2.20. The lowest BCUT2D eigenvalue weighted by molar-refractivity contribution is 0.668. The van der Waals surface area contributed by atoms with Gasteiger partial charge in [0.05, 0.1) is 44.1 Å². The van der Waals surface area contributed by atoms with Crippen LogP contribution in [0.4, 0.5) is 0 Å². The first-order chi connectivity index (χ1) is 54.6. The summed E-state index contributed by atoms with van der Waals surface area (Å²) < 4.78 is 23.7. The molecule has 6 nitrogen and oxygen atoms in total. The fourth-order valence-electron chi connectivity index (χ4n) is 18.8. The Morgan fingerprint density at radius 3 is 0.800 bits per heavy atom. The number of nitrogens with zero attached hydrogens (tertiary/aromatic N) is 4. The summed E-state index contributed by atoms with van der Waals surface area (Å²) in [6.45, 7) is -0.177. The van der Waals surface area contributed by atoms with Gasteiger partial charge in [0, 0.05) is 87.4 Å². The third-order valence-electron chi connectivity index (χ3n) is 23.4. The minimum Gasteiger partial charge on any atom is -0.456 e. The van der Waals surface area contributed by atoms with Crippen LogP contribution in [0.3, 0.4) is 0 Å². The Labute approximate surface area is 633 Å². The van der Waals surface area contributed by atoms with Crippen molar-refractivity contribution in [3.8, 4) is 45.0 Å². The van der Waals surface area contributed by atoms with E-state index in [1.54, 1.807) is 0 Å². The molecular formula is C102H64B2N4O2. The van der Waals surface area contributed by atoms with Gasteiger partial charge in [-0.05, 0) is 161 Å². The summed E-state index contributed by atoms with van der Waals surface area (Å²) in [5.74, 6) is 0. The second-order valence-corrected chi connectivity index (χ2v) is 29.3. The highest BCUT2D eigenvalue weighted by atomic mass is 16.3. The smallest absolute Gasteiger partial charge is 0.243 e. The van der Waals surface area contributed by atoms with Crippen molar-refractivity contribution in [3.63, 3.8) is 0 Å². The summed E-state index contributed by atoms with van der Waals surface area (Å²) in [4.78, 5) is 0. The molecule has 0 fully saturated rings. The molecule has 0 aliphatic carbocycles. The fraction of sp³-hybridized carbons (Fsp3) is 0. The van der Waals surface area contributed by atoms with E-state index in [0.717, 1.165) is 122 Å². The average Bonchev–Trinajstić information content (AvgIpc) is 1.54. The number of fused-ring (bicyclic) bond motifs is 18. The number of furan rings is 2. The zero-order chi connectivity index (χ0) is 72.1. The van der Waals surface area contributed by atoms with Gasteiger partial charge in [-0.1, -0.05) is 283 Å². The summed E-state index contributed by atoms with van der Waals surface area (Å²) >= 11 is 0. The zero-order valence-corrected chi connectivity index (χ0v) is 59.7. The zero-order valence-electron chi connectivity index (χ0n) is 59.7. The Hall–Kier alpha value is -14.3. The molecule has 8 heteroatoms. The molecule has 0 radical (unpaired) electrons. The van der Waals surface area contributed by atoms with Gasteiger partial charge in [-0.15, -0.1) is 0 Å². The molecule has 17 aromatic carbocycles. The van der Waals surface area contributed by atoms with Crippen molar-refractivity contribution in [2.24, 2.45) is 0 Å². The van der Waals surface area contributed by atoms with E-state index in [4.69, 9.17) is 8.83 Å². The van der Waals surface area contributed by atoms with Gasteiger partial charge in [0.25, 0.3) is 0 Å². The van der Waals surface area contributed by atoms with Crippen LogP contribution in [0.5, 0.6) is 0 Å². The highest BCUT2D eigenvalue weighted by Gasteiger charge is 2.34. The van der Waals surface area contributed by atoms with Crippen LogP contribution >= 0.6 is 0 Å². The van der Waals surface area contributed by atoms with Gasteiger partial charge in [0.15, 0.2) is 0 Å². The summed E-state index contributed by atoms with van der Waals surface area (Å²) in [6.07, 6.45) is 0. The van der Waals surface area contributed by atoms with Gasteiger partial charge >= 0.3 is 0 Å². The Morgan fingerprint density at radius 2 is 0.464 bits per heavy atom. The van der Waals surface area contributed by atoms with Gasteiger partial charge in [0.1, 0.15) is 22.3 Å². The number of rotatable bonds is 12. The van der Waals surface area contributed by atoms with Crippen molar-refractivity contribution in [1.82, 2.24) is 18.3 Å². The van der Waals surface area contributed by atoms with Gasteiger partial charge in [-0.3, -0.25) is 0 Å². The molecular weight excluding hydrogens is 1330 g/mol. The van der Waals surface area contributed by atoms with E-state index < -0.39 is 0 Å². The molecule has 0 aliphatic rings. The molecule has 0 N–H and O–H groups in total. The van der Waals surface area contributed by atoms with Crippen LogP contribution in [0.1, 0.15) is 0 Å². The minimum atomic E-state index is -0.0884. The maximum absolute atomic E-state index is 6.90. The number of aromatic nitrogens is 4. The van der Waals surface area contributed by atoms with Crippen LogP contribution < -0.4 is 32.8 Å². The van der Waals surface area contributed by atoms with Crippen LogP contribution in [0.2, 0.25) is 0 Å². The van der Waals surface area contributed by atoms with Crippen molar-refractivity contribution in [2.45, 2.75) is 0 Å². The predicted molar refractivity (Wildman–Crippen MR) is 464 cm³/mol. The standard InChI is InChI=1S/C102H64B2N4O2/c1-7-30-69(31-8-1)103(70-32-9-2-10-33-70)101-97-79-42-19-23-46-85(79)105(73-38-15-5-16-39-73)89(97)63-91-99(101)81-44-21-25-48-87(81)107(91)75-52-56-93-83(61-75)77-54-50-67(59-95(77)109-93)65-28-27-29-66(58-65)68-51-55-78-84-62-76(53-57-94(84)110-96(78)60-68)108-88-49-26-22-45-82(88)100-92(108)64-90-98(80-43-20-24-47-86(80)106(90)74-40-17-6-18-41-74)102(100)104(71-34-11-3-12-35-71)72-36-13-4-14-37-72/h1-64H. The molecule has 23 rings (SSSR count). The van der Waals surface area contributed by atoms with Crippen LogP contribution in [0.25, 0.3) is 176 Å². The second kappa shape index (κ2) is 24.6. The highest BCUT2D eigenvalue weighted by Crippen LogP contribution is 2.45. The van der Waals surface area contributed by atoms with Crippen LogP contribution in [-0.4, -0.2) is 31.7 Å². The van der Waals surface area contributed by atoms with Gasteiger partial charge in [-0.2, -0.15) is 0 Å². The lowest BCUT2D eigenvalue weighted by atomic mass is 9.35. The third-order valence-corrected chi connectivity index (χ3v) is 23.4. The molecule has 510 valence electrons. The molecule has 0 unspecified atom stereocenters. The second-order valence-electron chi connectivity index (χ2n) is 29.3. The normalized spacial score (nSPS) is 12.0. The molecule has 0 amide bonds. The molecule has 6 heterocycles. The van der Waals surface area contributed by atoms with E-state index in [0.29, 0.717) is 0 Å². The summed E-state index contributed by atoms with van der Waals surface area (Å²) in [5.41, 5.74) is 28.8. The molecule has 0 atom stereocenters. The third kappa shape index (κ3) is 9.46. The number of benzene rings is 17. The molecule has 0 bridgehead atoms. The van der Waals surface area contributed by atoms with E-state index in [-0.39, 0.29) is 13.4 Å². The first-order valence-electron chi connectivity index (χ1n) is 37.9. The predicted octanol–water partition coefficient (Wildman–Crippen LogP) is 22.2. The Balaban J connectivity index is 0.637. The van der Waals surface area contributed by atoms with E-state index in [1.807, 2.05) is 0 Å². The Kier molecular flexibility index (Phi) is 13.9. The van der Waals surface area contributed by atoms with Crippen LogP contribution in [-0.2, 0) is 0 Å². The quantitative estimate of drug-likeness (QED) is 0.114. The first-order valence-corrected chi connectivity index (χ1v) is 37.9. The van der Waals surface area contributed by atoms with E-state index >= 15 is 0 Å². The lowest BCUT2D eigenvalue weighted by Crippen LogP contribution is -2.52.